The van der Waals surface area contributed by atoms with Gasteiger partial charge in [0, 0.05) is 6.61 Å². The van der Waals surface area contributed by atoms with Gasteiger partial charge < -0.3 is 24.4 Å². The van der Waals surface area contributed by atoms with E-state index < -0.39 is 35.7 Å². The van der Waals surface area contributed by atoms with E-state index >= 15 is 0 Å². The van der Waals surface area contributed by atoms with E-state index in [2.05, 4.69) is 0 Å². The SMILES string of the molecule is COC(=O)[C@H](CCCO)N(C(=O)OC(C)(C)C)C(O)OC(C)(C)C. The lowest BCUT2D eigenvalue weighted by Gasteiger charge is -2.37. The minimum atomic E-state index is -1.71. The predicted octanol–water partition coefficient (Wildman–Crippen LogP) is 1.63. The molecule has 24 heavy (non-hydrogen) atoms. The first-order chi connectivity index (χ1) is 10.8. The smallest absolute Gasteiger partial charge is 0.415 e. The van der Waals surface area contributed by atoms with Crippen LogP contribution >= 0.6 is 0 Å². The van der Waals surface area contributed by atoms with Crippen molar-refractivity contribution in [1.82, 2.24) is 4.90 Å². The average Bonchev–Trinajstić information content (AvgIpc) is 2.38. The van der Waals surface area contributed by atoms with Crippen molar-refractivity contribution in [3.63, 3.8) is 0 Å². The second-order valence-electron chi connectivity index (χ2n) is 7.35. The summed E-state index contributed by atoms with van der Waals surface area (Å²) in [6.07, 6.45) is -2.29. The molecular formula is C16H31NO7. The van der Waals surface area contributed by atoms with Gasteiger partial charge in [-0.2, -0.15) is 0 Å². The second kappa shape index (κ2) is 9.19. The van der Waals surface area contributed by atoms with Gasteiger partial charge in [0.05, 0.1) is 12.7 Å². The van der Waals surface area contributed by atoms with Crippen LogP contribution in [0.1, 0.15) is 54.4 Å². The quantitative estimate of drug-likeness (QED) is 0.531. The van der Waals surface area contributed by atoms with Crippen LogP contribution in [0.4, 0.5) is 4.79 Å². The van der Waals surface area contributed by atoms with E-state index in [1.165, 1.54) is 7.11 Å². The standard InChI is InChI=1S/C16H31NO7/c1-15(2,3)23-13(20)17(14(21)24-16(4,5)6)11(9-8-10-18)12(19)22-7/h11,13,18,20H,8-10H2,1-7H3/t11-,13?/m0/s1. The maximum Gasteiger partial charge on any atom is 0.415 e. The van der Waals surface area contributed by atoms with Gasteiger partial charge >= 0.3 is 12.1 Å². The minimum Gasteiger partial charge on any atom is -0.467 e. The van der Waals surface area contributed by atoms with E-state index in [4.69, 9.17) is 19.3 Å². The van der Waals surface area contributed by atoms with Crippen LogP contribution in [-0.4, -0.2) is 64.6 Å². The molecule has 0 saturated carbocycles. The second-order valence-corrected chi connectivity index (χ2v) is 7.35. The molecule has 0 aliphatic rings. The number of esters is 1. The normalized spacial score (nSPS) is 14.7. The van der Waals surface area contributed by atoms with E-state index in [0.717, 1.165) is 4.90 Å². The molecule has 0 fully saturated rings. The largest absolute Gasteiger partial charge is 0.467 e. The molecule has 0 rings (SSSR count). The summed E-state index contributed by atoms with van der Waals surface area (Å²) in [7, 11) is 1.18. The lowest BCUT2D eigenvalue weighted by molar-refractivity contribution is -0.241. The Morgan fingerprint density at radius 2 is 1.62 bits per heavy atom. The van der Waals surface area contributed by atoms with Gasteiger partial charge in [-0.3, -0.25) is 0 Å². The first-order valence-corrected chi connectivity index (χ1v) is 7.88. The van der Waals surface area contributed by atoms with Crippen molar-refractivity contribution in [3.8, 4) is 0 Å². The molecule has 0 heterocycles. The minimum absolute atomic E-state index is 0.0903. The third-order valence-electron chi connectivity index (χ3n) is 2.75. The van der Waals surface area contributed by atoms with Crippen LogP contribution in [0.3, 0.4) is 0 Å². The van der Waals surface area contributed by atoms with Gasteiger partial charge in [0.15, 0.2) is 0 Å². The molecule has 1 amide bonds. The molecular weight excluding hydrogens is 318 g/mol. The summed E-state index contributed by atoms with van der Waals surface area (Å²) in [5.74, 6) is -0.731. The Morgan fingerprint density at radius 1 is 1.08 bits per heavy atom. The molecule has 0 radical (unpaired) electrons. The van der Waals surface area contributed by atoms with Gasteiger partial charge in [-0.1, -0.05) is 0 Å². The van der Waals surface area contributed by atoms with E-state index in [1.807, 2.05) is 0 Å². The summed E-state index contributed by atoms with van der Waals surface area (Å²) >= 11 is 0. The summed E-state index contributed by atoms with van der Waals surface area (Å²) < 4.78 is 15.4. The molecule has 0 saturated heterocycles. The molecule has 0 aliphatic carbocycles. The van der Waals surface area contributed by atoms with Gasteiger partial charge in [0.1, 0.15) is 11.6 Å². The highest BCUT2D eigenvalue weighted by atomic mass is 16.7. The topological polar surface area (TPSA) is 106 Å². The van der Waals surface area contributed by atoms with Crippen molar-refractivity contribution in [2.75, 3.05) is 13.7 Å². The number of ether oxygens (including phenoxy) is 3. The van der Waals surface area contributed by atoms with E-state index in [-0.39, 0.29) is 19.4 Å². The summed E-state index contributed by atoms with van der Waals surface area (Å²) in [5.41, 5.74) is -1.59. The number of amides is 1. The number of carbonyl (C=O) groups is 2. The molecule has 8 heteroatoms. The van der Waals surface area contributed by atoms with Crippen LogP contribution in [0.5, 0.6) is 0 Å². The van der Waals surface area contributed by atoms with E-state index in [9.17, 15) is 14.7 Å². The lowest BCUT2D eigenvalue weighted by Crippen LogP contribution is -2.55. The maximum absolute atomic E-state index is 12.5. The van der Waals surface area contributed by atoms with Crippen molar-refractivity contribution >= 4 is 12.1 Å². The molecule has 8 nitrogen and oxygen atoms in total. The van der Waals surface area contributed by atoms with Crippen LogP contribution in [0.2, 0.25) is 0 Å². The molecule has 0 aliphatic heterocycles. The summed E-state index contributed by atoms with van der Waals surface area (Å²) in [5, 5.41) is 19.4. The number of aliphatic hydroxyl groups excluding tert-OH is 2. The summed E-state index contributed by atoms with van der Waals surface area (Å²) in [6, 6.07) is -1.14. The van der Waals surface area contributed by atoms with Crippen LogP contribution < -0.4 is 0 Å². The lowest BCUT2D eigenvalue weighted by atomic mass is 10.1. The Labute approximate surface area is 143 Å². The van der Waals surface area contributed by atoms with Gasteiger partial charge in [0.25, 0.3) is 0 Å². The number of methoxy groups -OCH3 is 1. The Bertz CT molecular complexity index is 412. The Balaban J connectivity index is 5.60. The first kappa shape index (κ1) is 22.6. The Hall–Kier alpha value is -1.38. The number of hydrogen-bond acceptors (Lipinski definition) is 7. The highest BCUT2D eigenvalue weighted by Crippen LogP contribution is 2.21. The zero-order valence-electron chi connectivity index (χ0n) is 15.7. The van der Waals surface area contributed by atoms with Gasteiger partial charge in [-0.15, -0.1) is 0 Å². The Kier molecular flexibility index (Phi) is 8.67. The predicted molar refractivity (Wildman–Crippen MR) is 87.0 cm³/mol. The van der Waals surface area contributed by atoms with Crippen LogP contribution in [-0.2, 0) is 19.0 Å². The number of aliphatic hydroxyl groups is 2. The van der Waals surface area contributed by atoms with Crippen molar-refractivity contribution in [3.05, 3.63) is 0 Å². The van der Waals surface area contributed by atoms with Crippen LogP contribution in [0, 0.1) is 0 Å². The van der Waals surface area contributed by atoms with Crippen LogP contribution in [0.25, 0.3) is 0 Å². The molecule has 2 N–H and O–H groups in total. The average molecular weight is 349 g/mol. The van der Waals surface area contributed by atoms with Gasteiger partial charge in [0.2, 0.25) is 6.41 Å². The molecule has 1 unspecified atom stereocenters. The molecule has 0 spiro atoms. The monoisotopic (exact) mass is 349 g/mol. The molecule has 0 aromatic heterocycles. The highest BCUT2D eigenvalue weighted by Gasteiger charge is 2.39. The molecule has 142 valence electrons. The highest BCUT2D eigenvalue weighted by molar-refractivity contribution is 5.81. The molecule has 0 aromatic carbocycles. The van der Waals surface area contributed by atoms with Crippen molar-refractivity contribution < 1.29 is 34.0 Å². The number of carbonyl (C=O) groups excluding carboxylic acids is 2. The van der Waals surface area contributed by atoms with Gasteiger partial charge in [-0.25, -0.2) is 14.5 Å². The van der Waals surface area contributed by atoms with Crippen molar-refractivity contribution in [2.24, 2.45) is 0 Å². The fourth-order valence-electron chi connectivity index (χ4n) is 1.85. The zero-order valence-corrected chi connectivity index (χ0v) is 15.7. The van der Waals surface area contributed by atoms with E-state index in [1.54, 1.807) is 41.5 Å². The third kappa shape index (κ3) is 8.47. The number of rotatable bonds is 7. The third-order valence-corrected chi connectivity index (χ3v) is 2.75. The van der Waals surface area contributed by atoms with Crippen molar-refractivity contribution in [2.45, 2.75) is 78.0 Å². The maximum atomic E-state index is 12.5. The molecule has 0 aromatic rings. The number of nitrogens with zero attached hydrogens (tertiary/aromatic N) is 1. The van der Waals surface area contributed by atoms with Gasteiger partial charge in [-0.05, 0) is 54.4 Å². The zero-order chi connectivity index (χ0) is 19.1. The summed E-state index contributed by atoms with van der Waals surface area (Å²) in [4.78, 5) is 25.4. The van der Waals surface area contributed by atoms with E-state index in [0.29, 0.717) is 0 Å². The first-order valence-electron chi connectivity index (χ1n) is 7.88. The molecule has 0 bridgehead atoms. The fraction of sp³-hybridized carbons (Fsp3) is 0.875. The fourth-order valence-corrected chi connectivity index (χ4v) is 1.85. The van der Waals surface area contributed by atoms with Crippen molar-refractivity contribution in [1.29, 1.82) is 0 Å². The Morgan fingerprint density at radius 3 is 2.00 bits per heavy atom. The number of hydrogen-bond donors (Lipinski definition) is 2. The summed E-state index contributed by atoms with van der Waals surface area (Å²) in [6.45, 7) is 9.92. The van der Waals surface area contributed by atoms with Crippen LogP contribution in [0.15, 0.2) is 0 Å². The molecule has 2 atom stereocenters.